The Labute approximate surface area is 122 Å². The van der Waals surface area contributed by atoms with Crippen LogP contribution in [0.3, 0.4) is 0 Å². The SMILES string of the molecule is O=C(CBr)NCc1ccc(OC2CCCCC2)cc1. The van der Waals surface area contributed by atoms with Crippen molar-refractivity contribution >= 4 is 21.8 Å². The summed E-state index contributed by atoms with van der Waals surface area (Å²) in [4.78, 5) is 11.1. The molecule has 1 N–H and O–H groups in total. The van der Waals surface area contributed by atoms with Crippen LogP contribution in [0.2, 0.25) is 0 Å². The molecule has 4 heteroatoms. The summed E-state index contributed by atoms with van der Waals surface area (Å²) in [6, 6.07) is 7.99. The van der Waals surface area contributed by atoms with Crippen molar-refractivity contribution in [2.75, 3.05) is 5.33 Å². The van der Waals surface area contributed by atoms with Gasteiger partial charge < -0.3 is 10.1 Å². The van der Waals surface area contributed by atoms with Gasteiger partial charge >= 0.3 is 0 Å². The van der Waals surface area contributed by atoms with Crippen molar-refractivity contribution in [3.8, 4) is 5.75 Å². The molecule has 0 aromatic heterocycles. The molecule has 0 atom stereocenters. The van der Waals surface area contributed by atoms with Gasteiger partial charge in [-0.1, -0.05) is 34.5 Å². The first-order valence-electron chi connectivity index (χ1n) is 6.86. The van der Waals surface area contributed by atoms with Crippen molar-refractivity contribution in [3.63, 3.8) is 0 Å². The first-order valence-corrected chi connectivity index (χ1v) is 7.98. The molecule has 0 heterocycles. The maximum absolute atomic E-state index is 11.1. The predicted octanol–water partition coefficient (Wildman–Crippen LogP) is 3.41. The Bertz CT molecular complexity index is 399. The zero-order chi connectivity index (χ0) is 13.5. The number of ether oxygens (including phenoxy) is 1. The molecule has 104 valence electrons. The molecule has 1 fully saturated rings. The fraction of sp³-hybridized carbons (Fsp3) is 0.533. The van der Waals surface area contributed by atoms with Gasteiger partial charge in [-0.2, -0.15) is 0 Å². The first-order chi connectivity index (χ1) is 9.28. The maximum Gasteiger partial charge on any atom is 0.230 e. The van der Waals surface area contributed by atoms with Crippen LogP contribution in [0.25, 0.3) is 0 Å². The van der Waals surface area contributed by atoms with Gasteiger partial charge in [-0.25, -0.2) is 0 Å². The highest BCUT2D eigenvalue weighted by molar-refractivity contribution is 9.09. The van der Waals surface area contributed by atoms with E-state index >= 15 is 0 Å². The second kappa shape index (κ2) is 7.53. The molecule has 19 heavy (non-hydrogen) atoms. The van der Waals surface area contributed by atoms with Crippen LogP contribution >= 0.6 is 15.9 Å². The zero-order valence-corrected chi connectivity index (χ0v) is 12.6. The molecule has 2 rings (SSSR count). The smallest absolute Gasteiger partial charge is 0.230 e. The second-order valence-corrected chi connectivity index (χ2v) is 5.49. The third-order valence-electron chi connectivity index (χ3n) is 3.39. The molecule has 1 saturated carbocycles. The summed E-state index contributed by atoms with van der Waals surface area (Å²) in [5.41, 5.74) is 1.09. The largest absolute Gasteiger partial charge is 0.490 e. The standard InChI is InChI=1S/C15H20BrNO2/c16-10-15(18)17-11-12-6-8-14(9-7-12)19-13-4-2-1-3-5-13/h6-9,13H,1-5,10-11H2,(H,17,18). The Balaban J connectivity index is 1.82. The number of hydrogen-bond acceptors (Lipinski definition) is 2. The van der Waals surface area contributed by atoms with Crippen LogP contribution in [-0.4, -0.2) is 17.3 Å². The van der Waals surface area contributed by atoms with Crippen molar-refractivity contribution in [2.24, 2.45) is 0 Å². The average molecular weight is 326 g/mol. The molecule has 0 spiro atoms. The molecular weight excluding hydrogens is 306 g/mol. The van der Waals surface area contributed by atoms with Gasteiger partial charge in [-0.3, -0.25) is 4.79 Å². The number of carbonyl (C=O) groups excluding carboxylic acids is 1. The van der Waals surface area contributed by atoms with Gasteiger partial charge in [0.05, 0.1) is 11.4 Å². The van der Waals surface area contributed by atoms with Crippen LogP contribution in [0.15, 0.2) is 24.3 Å². The number of amides is 1. The normalized spacial score (nSPS) is 16.1. The molecule has 0 aliphatic heterocycles. The number of hydrogen-bond donors (Lipinski definition) is 1. The van der Waals surface area contributed by atoms with E-state index in [1.165, 1.54) is 32.1 Å². The third-order valence-corrected chi connectivity index (χ3v) is 3.90. The molecule has 1 aliphatic rings. The van der Waals surface area contributed by atoms with E-state index in [9.17, 15) is 4.79 Å². The lowest BCUT2D eigenvalue weighted by Gasteiger charge is -2.23. The molecule has 0 unspecified atom stereocenters. The van der Waals surface area contributed by atoms with Crippen LogP contribution in [0.4, 0.5) is 0 Å². The van der Waals surface area contributed by atoms with Crippen molar-refractivity contribution < 1.29 is 9.53 Å². The minimum absolute atomic E-state index is 0.00234. The van der Waals surface area contributed by atoms with Crippen LogP contribution in [0.1, 0.15) is 37.7 Å². The van der Waals surface area contributed by atoms with Crippen LogP contribution < -0.4 is 10.1 Å². The van der Waals surface area contributed by atoms with E-state index in [1.807, 2.05) is 24.3 Å². The Kier molecular flexibility index (Phi) is 5.70. The summed E-state index contributed by atoms with van der Waals surface area (Å²) < 4.78 is 5.96. The van der Waals surface area contributed by atoms with Gasteiger partial charge in [0.2, 0.25) is 5.91 Å². The highest BCUT2D eigenvalue weighted by atomic mass is 79.9. The molecule has 1 aliphatic carbocycles. The highest BCUT2D eigenvalue weighted by Gasteiger charge is 2.14. The van der Waals surface area contributed by atoms with E-state index in [0.717, 1.165) is 11.3 Å². The molecule has 1 aromatic carbocycles. The zero-order valence-electron chi connectivity index (χ0n) is 11.0. The first kappa shape index (κ1) is 14.4. The van der Waals surface area contributed by atoms with E-state index in [1.54, 1.807) is 0 Å². The Morgan fingerprint density at radius 3 is 2.53 bits per heavy atom. The van der Waals surface area contributed by atoms with E-state index < -0.39 is 0 Å². The van der Waals surface area contributed by atoms with Gasteiger partial charge in [-0.05, 0) is 43.4 Å². The second-order valence-electron chi connectivity index (χ2n) is 4.93. The molecule has 1 aromatic rings. The quantitative estimate of drug-likeness (QED) is 0.842. The van der Waals surface area contributed by atoms with Gasteiger partial charge in [-0.15, -0.1) is 0 Å². The molecular formula is C15H20BrNO2. The van der Waals surface area contributed by atoms with E-state index in [2.05, 4.69) is 21.2 Å². The summed E-state index contributed by atoms with van der Waals surface area (Å²) in [6.07, 6.45) is 6.62. The molecule has 0 radical (unpaired) electrons. The molecule has 0 saturated heterocycles. The number of carbonyl (C=O) groups is 1. The molecule has 3 nitrogen and oxygen atoms in total. The van der Waals surface area contributed by atoms with E-state index in [-0.39, 0.29) is 5.91 Å². The summed E-state index contributed by atoms with van der Waals surface area (Å²) in [7, 11) is 0. The van der Waals surface area contributed by atoms with E-state index in [0.29, 0.717) is 18.0 Å². The molecule has 1 amide bonds. The number of benzene rings is 1. The maximum atomic E-state index is 11.1. The number of nitrogens with one attached hydrogen (secondary N) is 1. The highest BCUT2D eigenvalue weighted by Crippen LogP contribution is 2.23. The summed E-state index contributed by atoms with van der Waals surface area (Å²) in [6.45, 7) is 0.564. The van der Waals surface area contributed by atoms with Crippen molar-refractivity contribution in [2.45, 2.75) is 44.8 Å². The van der Waals surface area contributed by atoms with Gasteiger partial charge in [0.1, 0.15) is 5.75 Å². The lowest BCUT2D eigenvalue weighted by atomic mass is 9.98. The number of halogens is 1. The Morgan fingerprint density at radius 2 is 1.89 bits per heavy atom. The van der Waals surface area contributed by atoms with Crippen LogP contribution in [-0.2, 0) is 11.3 Å². The van der Waals surface area contributed by atoms with Gasteiger partial charge in [0.25, 0.3) is 0 Å². The average Bonchev–Trinajstić information content (AvgIpc) is 2.47. The Hall–Kier alpha value is -1.03. The Morgan fingerprint density at radius 1 is 1.21 bits per heavy atom. The van der Waals surface area contributed by atoms with Crippen molar-refractivity contribution in [3.05, 3.63) is 29.8 Å². The van der Waals surface area contributed by atoms with Crippen LogP contribution in [0.5, 0.6) is 5.75 Å². The fourth-order valence-corrected chi connectivity index (χ4v) is 2.51. The van der Waals surface area contributed by atoms with Crippen molar-refractivity contribution in [1.82, 2.24) is 5.32 Å². The van der Waals surface area contributed by atoms with Crippen molar-refractivity contribution in [1.29, 1.82) is 0 Å². The lowest BCUT2D eigenvalue weighted by molar-refractivity contribution is -0.118. The van der Waals surface area contributed by atoms with E-state index in [4.69, 9.17) is 4.74 Å². The minimum atomic E-state index is 0.00234. The van der Waals surface area contributed by atoms with Crippen LogP contribution in [0, 0.1) is 0 Å². The number of rotatable bonds is 5. The van der Waals surface area contributed by atoms with Gasteiger partial charge in [0, 0.05) is 6.54 Å². The van der Waals surface area contributed by atoms with Gasteiger partial charge in [0.15, 0.2) is 0 Å². The number of alkyl halides is 1. The predicted molar refractivity (Wildman–Crippen MR) is 79.6 cm³/mol. The lowest BCUT2D eigenvalue weighted by Crippen LogP contribution is -2.23. The topological polar surface area (TPSA) is 38.3 Å². The monoisotopic (exact) mass is 325 g/mol. The third kappa shape index (κ3) is 4.86. The molecule has 0 bridgehead atoms. The minimum Gasteiger partial charge on any atom is -0.490 e. The summed E-state index contributed by atoms with van der Waals surface area (Å²) in [5, 5.41) is 3.17. The summed E-state index contributed by atoms with van der Waals surface area (Å²) in [5.74, 6) is 0.935. The summed E-state index contributed by atoms with van der Waals surface area (Å²) >= 11 is 3.12. The fourth-order valence-electron chi connectivity index (χ4n) is 2.31.